The molecule has 0 amide bonds. The molecule has 8 heteroatoms. The lowest BCUT2D eigenvalue weighted by atomic mass is 10.4. The summed E-state index contributed by atoms with van der Waals surface area (Å²) >= 11 is 3.09. The number of aromatic nitrogens is 4. The highest BCUT2D eigenvalue weighted by Gasteiger charge is 2.33. The summed E-state index contributed by atoms with van der Waals surface area (Å²) in [6, 6.07) is 2.35. The van der Waals surface area contributed by atoms with Crippen molar-refractivity contribution >= 4 is 15.9 Å². The van der Waals surface area contributed by atoms with Crippen molar-refractivity contribution in [3.05, 3.63) is 35.0 Å². The van der Waals surface area contributed by atoms with Gasteiger partial charge in [0.15, 0.2) is 11.5 Å². The molecule has 2 heterocycles. The summed E-state index contributed by atoms with van der Waals surface area (Å²) in [5.41, 5.74) is -0.956. The summed E-state index contributed by atoms with van der Waals surface area (Å²) in [6.45, 7) is 0. The summed E-state index contributed by atoms with van der Waals surface area (Å²) in [7, 11) is 0. The van der Waals surface area contributed by atoms with Gasteiger partial charge in [0.05, 0.1) is 0 Å². The average molecular weight is 293 g/mol. The fourth-order valence-electron chi connectivity index (χ4n) is 1.05. The predicted molar refractivity (Wildman–Crippen MR) is 51.9 cm³/mol. The van der Waals surface area contributed by atoms with Gasteiger partial charge < -0.3 is 0 Å². The molecule has 0 saturated carbocycles. The monoisotopic (exact) mass is 292 g/mol. The molecule has 0 fully saturated rings. The highest BCUT2D eigenvalue weighted by molar-refractivity contribution is 9.10. The maximum absolute atomic E-state index is 12.3. The van der Waals surface area contributed by atoms with Crippen LogP contribution < -0.4 is 0 Å². The summed E-state index contributed by atoms with van der Waals surface area (Å²) in [4.78, 5) is 7.56. The number of hydrogen-bond donors (Lipinski definition) is 0. The normalized spacial score (nSPS) is 11.8. The number of alkyl halides is 3. The van der Waals surface area contributed by atoms with E-state index < -0.39 is 11.9 Å². The van der Waals surface area contributed by atoms with E-state index >= 15 is 0 Å². The zero-order valence-corrected chi connectivity index (χ0v) is 9.20. The summed E-state index contributed by atoms with van der Waals surface area (Å²) < 4.78 is 38.3. The molecule has 0 N–H and O–H groups in total. The quantitative estimate of drug-likeness (QED) is 0.758. The van der Waals surface area contributed by atoms with Gasteiger partial charge >= 0.3 is 6.18 Å². The van der Waals surface area contributed by atoms with E-state index in [1.807, 2.05) is 0 Å². The van der Waals surface area contributed by atoms with Crippen LogP contribution in [0.4, 0.5) is 13.2 Å². The molecule has 0 bridgehead atoms. The third kappa shape index (κ3) is 2.21. The highest BCUT2D eigenvalue weighted by Crippen LogP contribution is 2.27. The molecule has 0 saturated heterocycles. The lowest BCUT2D eigenvalue weighted by Crippen LogP contribution is -2.07. The Hall–Kier alpha value is -1.44. The van der Waals surface area contributed by atoms with Crippen LogP contribution in [-0.2, 0) is 6.18 Å². The Morgan fingerprint density at radius 1 is 1.25 bits per heavy atom. The molecular weight excluding hydrogens is 289 g/mol. The van der Waals surface area contributed by atoms with Crippen molar-refractivity contribution < 1.29 is 13.2 Å². The van der Waals surface area contributed by atoms with Gasteiger partial charge in [-0.3, -0.25) is 0 Å². The maximum atomic E-state index is 12.3. The van der Waals surface area contributed by atoms with E-state index in [2.05, 4.69) is 31.0 Å². The van der Waals surface area contributed by atoms with Gasteiger partial charge in [0.1, 0.15) is 10.9 Å². The third-order valence-corrected chi connectivity index (χ3v) is 2.17. The molecule has 0 spiro atoms. The molecule has 2 aromatic rings. The van der Waals surface area contributed by atoms with Crippen molar-refractivity contribution in [3.63, 3.8) is 0 Å². The lowest BCUT2D eigenvalue weighted by Gasteiger charge is -2.02. The molecule has 0 unspecified atom stereocenters. The van der Waals surface area contributed by atoms with Gasteiger partial charge in [-0.25, -0.2) is 14.6 Å². The average Bonchev–Trinajstić information content (AvgIpc) is 2.65. The molecule has 0 aromatic carbocycles. The van der Waals surface area contributed by atoms with Crippen molar-refractivity contribution in [3.8, 4) is 5.82 Å². The van der Waals surface area contributed by atoms with E-state index in [1.54, 1.807) is 0 Å². The first-order valence-corrected chi connectivity index (χ1v) is 4.87. The van der Waals surface area contributed by atoms with E-state index in [9.17, 15) is 13.2 Å². The standard InChI is InChI=1S/C8H4BrF3N4/c9-6-3-7(14-4-13-6)16-2-1-5(15-16)8(10,11)12/h1-4H. The van der Waals surface area contributed by atoms with E-state index in [0.717, 1.165) is 10.7 Å². The highest BCUT2D eigenvalue weighted by atomic mass is 79.9. The van der Waals surface area contributed by atoms with Crippen LogP contribution in [0.25, 0.3) is 5.82 Å². The van der Waals surface area contributed by atoms with E-state index in [4.69, 9.17) is 0 Å². The van der Waals surface area contributed by atoms with Gasteiger partial charge in [-0.1, -0.05) is 0 Å². The number of nitrogens with zero attached hydrogens (tertiary/aromatic N) is 4. The van der Waals surface area contributed by atoms with Crippen LogP contribution in [0, 0.1) is 0 Å². The van der Waals surface area contributed by atoms with E-state index in [1.165, 1.54) is 18.6 Å². The van der Waals surface area contributed by atoms with Crippen molar-refractivity contribution in [2.24, 2.45) is 0 Å². The second-order valence-corrected chi connectivity index (χ2v) is 3.65. The molecule has 0 radical (unpaired) electrons. The fraction of sp³-hybridized carbons (Fsp3) is 0.125. The maximum Gasteiger partial charge on any atom is 0.435 e. The Labute approximate surface area is 96.3 Å². The van der Waals surface area contributed by atoms with Crippen LogP contribution in [0.1, 0.15) is 5.69 Å². The van der Waals surface area contributed by atoms with Crippen LogP contribution in [0.15, 0.2) is 29.3 Å². The Kier molecular flexibility index (Phi) is 2.66. The minimum absolute atomic E-state index is 0.261. The van der Waals surface area contributed by atoms with Gasteiger partial charge in [-0.05, 0) is 22.0 Å². The molecule has 2 rings (SSSR count). The van der Waals surface area contributed by atoms with Crippen LogP contribution in [0.5, 0.6) is 0 Å². The SMILES string of the molecule is FC(F)(F)c1ccn(-c2cc(Br)ncn2)n1. The van der Waals surface area contributed by atoms with Gasteiger partial charge in [0.2, 0.25) is 0 Å². The van der Waals surface area contributed by atoms with Gasteiger partial charge in [0, 0.05) is 12.3 Å². The molecule has 0 atom stereocenters. The zero-order chi connectivity index (χ0) is 11.8. The van der Waals surface area contributed by atoms with E-state index in [0.29, 0.717) is 4.60 Å². The van der Waals surface area contributed by atoms with Gasteiger partial charge in [-0.15, -0.1) is 0 Å². The largest absolute Gasteiger partial charge is 0.435 e. The van der Waals surface area contributed by atoms with Crippen molar-refractivity contribution in [1.82, 2.24) is 19.7 Å². The predicted octanol–water partition coefficient (Wildman–Crippen LogP) is 2.44. The van der Waals surface area contributed by atoms with E-state index in [-0.39, 0.29) is 5.82 Å². The molecule has 0 aliphatic rings. The minimum Gasteiger partial charge on any atom is -0.229 e. The van der Waals surface area contributed by atoms with Crippen molar-refractivity contribution in [2.75, 3.05) is 0 Å². The van der Waals surface area contributed by atoms with Crippen LogP contribution in [-0.4, -0.2) is 19.7 Å². The number of halogens is 4. The second-order valence-electron chi connectivity index (χ2n) is 2.84. The Morgan fingerprint density at radius 2 is 2.00 bits per heavy atom. The lowest BCUT2D eigenvalue weighted by molar-refractivity contribution is -0.141. The number of rotatable bonds is 1. The molecule has 4 nitrogen and oxygen atoms in total. The first kappa shape index (κ1) is 11.1. The molecule has 0 aliphatic heterocycles. The molecule has 84 valence electrons. The van der Waals surface area contributed by atoms with Crippen molar-refractivity contribution in [1.29, 1.82) is 0 Å². The van der Waals surface area contributed by atoms with Crippen LogP contribution >= 0.6 is 15.9 Å². The second kappa shape index (κ2) is 3.85. The smallest absolute Gasteiger partial charge is 0.229 e. The fourth-order valence-corrected chi connectivity index (χ4v) is 1.35. The van der Waals surface area contributed by atoms with Gasteiger partial charge in [0.25, 0.3) is 0 Å². The first-order valence-electron chi connectivity index (χ1n) is 4.07. The number of hydrogen-bond acceptors (Lipinski definition) is 3. The van der Waals surface area contributed by atoms with Crippen LogP contribution in [0.3, 0.4) is 0 Å². The topological polar surface area (TPSA) is 43.6 Å². The molecular formula is C8H4BrF3N4. The summed E-state index contributed by atoms with van der Waals surface area (Å²) in [5.74, 6) is 0.261. The zero-order valence-electron chi connectivity index (χ0n) is 7.61. The molecule has 0 aliphatic carbocycles. The minimum atomic E-state index is -4.45. The first-order chi connectivity index (χ1) is 7.47. The van der Waals surface area contributed by atoms with Crippen LogP contribution in [0.2, 0.25) is 0 Å². The summed E-state index contributed by atoms with van der Waals surface area (Å²) in [5, 5.41) is 3.37. The Morgan fingerprint density at radius 3 is 2.56 bits per heavy atom. The Bertz CT molecular complexity index is 508. The van der Waals surface area contributed by atoms with Crippen molar-refractivity contribution in [2.45, 2.75) is 6.18 Å². The molecule has 2 aromatic heterocycles. The Balaban J connectivity index is 2.39. The third-order valence-electron chi connectivity index (χ3n) is 1.73. The molecule has 16 heavy (non-hydrogen) atoms. The summed E-state index contributed by atoms with van der Waals surface area (Å²) in [6.07, 6.45) is -2.03. The van der Waals surface area contributed by atoms with Gasteiger partial charge in [-0.2, -0.15) is 18.3 Å².